The Labute approximate surface area is 100 Å². The minimum Gasteiger partial charge on any atom is -0.465 e. The van der Waals surface area contributed by atoms with Crippen molar-refractivity contribution in [3.05, 3.63) is 12.7 Å². The molecule has 1 atom stereocenters. The molecule has 0 saturated carbocycles. The van der Waals surface area contributed by atoms with Gasteiger partial charge in [-0.1, -0.05) is 52.0 Å². The first-order valence-corrected chi connectivity index (χ1v) is 6.47. The van der Waals surface area contributed by atoms with Gasteiger partial charge in [0, 0.05) is 0 Å². The van der Waals surface area contributed by atoms with E-state index in [0.717, 1.165) is 6.42 Å². The van der Waals surface area contributed by atoms with E-state index in [1.54, 1.807) is 6.08 Å². The van der Waals surface area contributed by atoms with Crippen LogP contribution in [0.3, 0.4) is 0 Å². The summed E-state index contributed by atoms with van der Waals surface area (Å²) in [6.07, 6.45) is 9.39. The van der Waals surface area contributed by atoms with Crippen LogP contribution in [-0.4, -0.2) is 12.6 Å². The number of unbranched alkanes of at least 4 members (excludes halogenated alkanes) is 3. The fraction of sp³-hybridized carbons (Fsp3) is 0.786. The molecule has 1 unspecified atom stereocenters. The summed E-state index contributed by atoms with van der Waals surface area (Å²) in [5, 5.41) is 0. The lowest BCUT2D eigenvalue weighted by molar-refractivity contribution is -0.142. The SMILES string of the molecule is C=CCC(=O)OCCC(C)CCCCCC. The van der Waals surface area contributed by atoms with Gasteiger partial charge in [0.2, 0.25) is 0 Å². The highest BCUT2D eigenvalue weighted by molar-refractivity contribution is 5.70. The van der Waals surface area contributed by atoms with Crippen molar-refractivity contribution in [2.24, 2.45) is 5.92 Å². The number of carbonyl (C=O) groups excluding carboxylic acids is 1. The van der Waals surface area contributed by atoms with Crippen LogP contribution >= 0.6 is 0 Å². The summed E-state index contributed by atoms with van der Waals surface area (Å²) in [7, 11) is 0. The van der Waals surface area contributed by atoms with Crippen molar-refractivity contribution in [1.82, 2.24) is 0 Å². The van der Waals surface area contributed by atoms with E-state index in [-0.39, 0.29) is 5.97 Å². The molecule has 0 aromatic rings. The van der Waals surface area contributed by atoms with Crippen molar-refractivity contribution >= 4 is 5.97 Å². The summed E-state index contributed by atoms with van der Waals surface area (Å²) in [4.78, 5) is 11.0. The first-order valence-electron chi connectivity index (χ1n) is 6.47. The second kappa shape index (κ2) is 10.7. The molecule has 94 valence electrons. The largest absolute Gasteiger partial charge is 0.465 e. The predicted molar refractivity (Wildman–Crippen MR) is 68.3 cm³/mol. The number of esters is 1. The highest BCUT2D eigenvalue weighted by Crippen LogP contribution is 2.13. The van der Waals surface area contributed by atoms with E-state index >= 15 is 0 Å². The molecule has 2 heteroatoms. The molecule has 0 aliphatic rings. The maximum absolute atomic E-state index is 11.0. The fourth-order valence-electron chi connectivity index (χ4n) is 1.61. The van der Waals surface area contributed by atoms with E-state index in [1.165, 1.54) is 32.1 Å². The molecule has 0 aromatic carbocycles. The fourth-order valence-corrected chi connectivity index (χ4v) is 1.61. The molecular formula is C14H26O2. The third kappa shape index (κ3) is 9.75. The Kier molecular flexibility index (Phi) is 10.2. The van der Waals surface area contributed by atoms with E-state index < -0.39 is 0 Å². The summed E-state index contributed by atoms with van der Waals surface area (Å²) in [6.45, 7) is 8.51. The van der Waals surface area contributed by atoms with Crippen molar-refractivity contribution < 1.29 is 9.53 Å². The summed E-state index contributed by atoms with van der Waals surface area (Å²) in [6, 6.07) is 0. The first-order chi connectivity index (χ1) is 7.70. The van der Waals surface area contributed by atoms with Gasteiger partial charge in [-0.05, 0) is 12.3 Å². The second-order valence-corrected chi connectivity index (χ2v) is 4.46. The van der Waals surface area contributed by atoms with Gasteiger partial charge < -0.3 is 4.74 Å². The Morgan fingerprint density at radius 1 is 1.31 bits per heavy atom. The molecule has 0 saturated heterocycles. The van der Waals surface area contributed by atoms with Gasteiger partial charge in [-0.3, -0.25) is 4.79 Å². The number of carbonyl (C=O) groups is 1. The second-order valence-electron chi connectivity index (χ2n) is 4.46. The van der Waals surface area contributed by atoms with Crippen LogP contribution in [0.2, 0.25) is 0 Å². The number of rotatable bonds is 10. The molecule has 16 heavy (non-hydrogen) atoms. The van der Waals surface area contributed by atoms with Gasteiger partial charge in [0.1, 0.15) is 0 Å². The van der Waals surface area contributed by atoms with Crippen LogP contribution in [0, 0.1) is 5.92 Å². The quantitative estimate of drug-likeness (QED) is 0.318. The summed E-state index contributed by atoms with van der Waals surface area (Å²) in [5.41, 5.74) is 0. The molecule has 0 N–H and O–H groups in total. The third-order valence-corrected chi connectivity index (χ3v) is 2.74. The Hall–Kier alpha value is -0.790. The Balaban J connectivity index is 3.32. The maximum Gasteiger partial charge on any atom is 0.309 e. The molecule has 0 spiro atoms. The van der Waals surface area contributed by atoms with Crippen LogP contribution in [-0.2, 0) is 9.53 Å². The zero-order valence-electron chi connectivity index (χ0n) is 10.8. The van der Waals surface area contributed by atoms with Crippen molar-refractivity contribution in [2.45, 2.75) is 58.8 Å². The smallest absolute Gasteiger partial charge is 0.309 e. The van der Waals surface area contributed by atoms with Gasteiger partial charge in [-0.15, -0.1) is 6.58 Å². The van der Waals surface area contributed by atoms with Gasteiger partial charge in [0.25, 0.3) is 0 Å². The van der Waals surface area contributed by atoms with E-state index in [1.807, 2.05) is 0 Å². The van der Waals surface area contributed by atoms with Gasteiger partial charge in [0.05, 0.1) is 13.0 Å². The third-order valence-electron chi connectivity index (χ3n) is 2.74. The Bertz CT molecular complexity index is 187. The van der Waals surface area contributed by atoms with Gasteiger partial charge >= 0.3 is 5.97 Å². The maximum atomic E-state index is 11.0. The van der Waals surface area contributed by atoms with Gasteiger partial charge in [-0.25, -0.2) is 0 Å². The average Bonchev–Trinajstić information content (AvgIpc) is 2.25. The molecule has 0 bridgehead atoms. The van der Waals surface area contributed by atoms with Crippen molar-refractivity contribution in [1.29, 1.82) is 0 Å². The van der Waals surface area contributed by atoms with Crippen LogP contribution in [0.25, 0.3) is 0 Å². The molecule has 0 radical (unpaired) electrons. The van der Waals surface area contributed by atoms with Gasteiger partial charge in [0.15, 0.2) is 0 Å². The summed E-state index contributed by atoms with van der Waals surface area (Å²) >= 11 is 0. The zero-order valence-corrected chi connectivity index (χ0v) is 10.8. The van der Waals surface area contributed by atoms with Crippen LogP contribution in [0.5, 0.6) is 0 Å². The van der Waals surface area contributed by atoms with Crippen molar-refractivity contribution in [3.8, 4) is 0 Å². The summed E-state index contributed by atoms with van der Waals surface area (Å²) in [5.74, 6) is 0.501. The topological polar surface area (TPSA) is 26.3 Å². The van der Waals surface area contributed by atoms with E-state index in [0.29, 0.717) is 18.9 Å². The minimum atomic E-state index is -0.159. The molecule has 0 amide bonds. The average molecular weight is 226 g/mol. The lowest BCUT2D eigenvalue weighted by atomic mass is 10.00. The zero-order chi connectivity index (χ0) is 12.2. The Morgan fingerprint density at radius 2 is 2.06 bits per heavy atom. The standard InChI is InChI=1S/C14H26O2/c1-4-6-7-8-10-13(3)11-12-16-14(15)9-5-2/h5,13H,2,4,6-12H2,1,3H3. The summed E-state index contributed by atoms with van der Waals surface area (Å²) < 4.78 is 5.07. The molecule has 0 aliphatic heterocycles. The number of ether oxygens (including phenoxy) is 1. The lowest BCUT2D eigenvalue weighted by Gasteiger charge is -2.11. The molecular weight excluding hydrogens is 200 g/mol. The lowest BCUT2D eigenvalue weighted by Crippen LogP contribution is -2.07. The monoisotopic (exact) mass is 226 g/mol. The molecule has 0 rings (SSSR count). The van der Waals surface area contributed by atoms with Crippen molar-refractivity contribution in [2.75, 3.05) is 6.61 Å². The van der Waals surface area contributed by atoms with E-state index in [9.17, 15) is 4.79 Å². The first kappa shape index (κ1) is 15.2. The van der Waals surface area contributed by atoms with Crippen LogP contribution in [0.15, 0.2) is 12.7 Å². The van der Waals surface area contributed by atoms with Crippen LogP contribution in [0.4, 0.5) is 0 Å². The van der Waals surface area contributed by atoms with E-state index in [4.69, 9.17) is 4.74 Å². The van der Waals surface area contributed by atoms with Crippen LogP contribution < -0.4 is 0 Å². The normalized spacial score (nSPS) is 12.1. The van der Waals surface area contributed by atoms with Gasteiger partial charge in [-0.2, -0.15) is 0 Å². The molecule has 0 aliphatic carbocycles. The minimum absolute atomic E-state index is 0.159. The van der Waals surface area contributed by atoms with Crippen molar-refractivity contribution in [3.63, 3.8) is 0 Å². The molecule has 2 nitrogen and oxygen atoms in total. The molecule has 0 aromatic heterocycles. The highest BCUT2D eigenvalue weighted by Gasteiger charge is 2.04. The molecule has 0 heterocycles. The highest BCUT2D eigenvalue weighted by atomic mass is 16.5. The number of hydrogen-bond donors (Lipinski definition) is 0. The van der Waals surface area contributed by atoms with E-state index in [2.05, 4.69) is 20.4 Å². The van der Waals surface area contributed by atoms with Crippen LogP contribution in [0.1, 0.15) is 58.8 Å². The predicted octanol–water partition coefficient (Wildman–Crippen LogP) is 4.10. The molecule has 0 fully saturated rings. The number of hydrogen-bond acceptors (Lipinski definition) is 2. The Morgan fingerprint density at radius 3 is 2.69 bits per heavy atom.